The van der Waals surface area contributed by atoms with Crippen LogP contribution in [-0.2, 0) is 0 Å². The third-order valence-corrected chi connectivity index (χ3v) is 4.80. The Balaban J connectivity index is 2.09. The lowest BCUT2D eigenvalue weighted by molar-refractivity contribution is 0.250. The molecule has 0 aromatic heterocycles. The van der Waals surface area contributed by atoms with Crippen molar-refractivity contribution < 1.29 is 0 Å². The Morgan fingerprint density at radius 2 is 1.67 bits per heavy atom. The van der Waals surface area contributed by atoms with Crippen LogP contribution in [0.4, 0.5) is 0 Å². The maximum Gasteiger partial charge on any atom is 0.0453 e. The molecular weight excluding hydrogens is 298 g/mol. The number of nitrogens with zero attached hydrogens (tertiary/aromatic N) is 1. The van der Waals surface area contributed by atoms with Crippen molar-refractivity contribution in [1.29, 1.82) is 0 Å². The second-order valence-electron chi connectivity index (χ2n) is 5.43. The number of halogens is 1. The number of hydrogen-bond donors (Lipinski definition) is 1. The summed E-state index contributed by atoms with van der Waals surface area (Å²) in [5.74, 6) is 1.26. The third kappa shape index (κ3) is 4.26. The Morgan fingerprint density at radius 3 is 2.29 bits per heavy atom. The van der Waals surface area contributed by atoms with Crippen molar-refractivity contribution in [2.75, 3.05) is 19.3 Å². The molecule has 2 atom stereocenters. The lowest BCUT2D eigenvalue weighted by Crippen LogP contribution is -2.28. The second kappa shape index (κ2) is 7.88. The average Bonchev–Trinajstić information content (AvgIpc) is 2.53. The molecule has 2 aromatic rings. The third-order valence-electron chi connectivity index (χ3n) is 4.02. The summed E-state index contributed by atoms with van der Waals surface area (Å²) in [6.45, 7) is 3.15. The van der Waals surface area contributed by atoms with Crippen LogP contribution in [0, 0.1) is 0 Å². The molecule has 0 fully saturated rings. The molecule has 0 heterocycles. The van der Waals surface area contributed by atoms with E-state index < -0.39 is 0 Å². The molecule has 112 valence electrons. The van der Waals surface area contributed by atoms with Gasteiger partial charge in [0.1, 0.15) is 0 Å². The normalized spacial score (nSPS) is 14.1. The van der Waals surface area contributed by atoms with Crippen molar-refractivity contribution in [1.82, 2.24) is 4.90 Å². The summed E-state index contributed by atoms with van der Waals surface area (Å²) >= 11 is 10.8. The fourth-order valence-electron chi connectivity index (χ4n) is 2.55. The average molecular weight is 320 g/mol. The van der Waals surface area contributed by atoms with Crippen LogP contribution in [0.3, 0.4) is 0 Å². The predicted molar refractivity (Wildman–Crippen MR) is 95.5 cm³/mol. The summed E-state index contributed by atoms with van der Waals surface area (Å²) in [4.78, 5) is 2.34. The van der Waals surface area contributed by atoms with E-state index in [0.717, 1.165) is 17.3 Å². The molecule has 0 aliphatic rings. The molecule has 2 unspecified atom stereocenters. The lowest BCUT2D eigenvalue weighted by Gasteiger charge is -2.29. The van der Waals surface area contributed by atoms with Crippen LogP contribution in [0.5, 0.6) is 0 Å². The Morgan fingerprint density at radius 1 is 1.05 bits per heavy atom. The maximum atomic E-state index is 6.31. The van der Waals surface area contributed by atoms with Crippen LogP contribution in [0.15, 0.2) is 54.6 Å². The van der Waals surface area contributed by atoms with E-state index in [0.29, 0.717) is 5.92 Å². The van der Waals surface area contributed by atoms with Crippen molar-refractivity contribution in [3.63, 3.8) is 0 Å². The lowest BCUT2D eigenvalue weighted by atomic mass is 9.99. The van der Waals surface area contributed by atoms with E-state index in [-0.39, 0.29) is 6.04 Å². The highest BCUT2D eigenvalue weighted by Crippen LogP contribution is 2.28. The quantitative estimate of drug-likeness (QED) is 0.729. The molecule has 0 amide bonds. The SMILES string of the molecule is CC(c1ccccc1Cl)N(C)CC(CS)c1ccccc1. The zero-order valence-electron chi connectivity index (χ0n) is 12.5. The molecule has 2 rings (SSSR count). The maximum absolute atomic E-state index is 6.31. The van der Waals surface area contributed by atoms with Gasteiger partial charge < -0.3 is 0 Å². The number of hydrogen-bond acceptors (Lipinski definition) is 2. The topological polar surface area (TPSA) is 3.24 Å². The Labute approximate surface area is 138 Å². The molecule has 0 N–H and O–H groups in total. The molecule has 2 aromatic carbocycles. The molecule has 0 aliphatic carbocycles. The van der Waals surface area contributed by atoms with Gasteiger partial charge in [-0.15, -0.1) is 0 Å². The Bertz CT molecular complexity index is 558. The minimum atomic E-state index is 0.282. The molecular formula is C18H22ClNS. The first kappa shape index (κ1) is 16.4. The minimum Gasteiger partial charge on any atom is -0.299 e. The van der Waals surface area contributed by atoms with Crippen LogP contribution in [0.25, 0.3) is 0 Å². The van der Waals surface area contributed by atoms with Crippen LogP contribution in [0.1, 0.15) is 30.0 Å². The van der Waals surface area contributed by atoms with Crippen LogP contribution >= 0.6 is 24.2 Å². The molecule has 0 radical (unpaired) electrons. The van der Waals surface area contributed by atoms with Crippen molar-refractivity contribution in [2.24, 2.45) is 0 Å². The van der Waals surface area contributed by atoms with Gasteiger partial charge in [0.15, 0.2) is 0 Å². The number of likely N-dealkylation sites (N-methyl/N-ethyl adjacent to an activating group) is 1. The monoisotopic (exact) mass is 319 g/mol. The summed E-state index contributed by atoms with van der Waals surface area (Å²) < 4.78 is 0. The Kier molecular flexibility index (Phi) is 6.16. The van der Waals surface area contributed by atoms with Gasteiger partial charge >= 0.3 is 0 Å². The van der Waals surface area contributed by atoms with Gasteiger partial charge in [-0.25, -0.2) is 0 Å². The zero-order valence-corrected chi connectivity index (χ0v) is 14.2. The predicted octanol–water partition coefficient (Wildman–Crippen LogP) is 5.05. The molecule has 0 spiro atoms. The number of thiol groups is 1. The minimum absolute atomic E-state index is 0.282. The van der Waals surface area contributed by atoms with Gasteiger partial charge in [0, 0.05) is 23.5 Å². The van der Waals surface area contributed by atoms with Gasteiger partial charge in [-0.05, 0) is 36.9 Å². The van der Waals surface area contributed by atoms with E-state index in [4.69, 9.17) is 11.6 Å². The molecule has 21 heavy (non-hydrogen) atoms. The highest BCUT2D eigenvalue weighted by atomic mass is 35.5. The zero-order chi connectivity index (χ0) is 15.2. The molecule has 1 nitrogen and oxygen atoms in total. The van der Waals surface area contributed by atoms with E-state index in [2.05, 4.69) is 67.9 Å². The molecule has 0 bridgehead atoms. The van der Waals surface area contributed by atoms with E-state index >= 15 is 0 Å². The van der Waals surface area contributed by atoms with Gasteiger partial charge in [-0.3, -0.25) is 4.90 Å². The Hall–Kier alpha value is -0.960. The van der Waals surface area contributed by atoms with Gasteiger partial charge in [0.05, 0.1) is 0 Å². The fourth-order valence-corrected chi connectivity index (χ4v) is 3.17. The van der Waals surface area contributed by atoms with E-state index in [1.165, 1.54) is 11.1 Å². The van der Waals surface area contributed by atoms with Gasteiger partial charge in [-0.1, -0.05) is 60.1 Å². The highest BCUT2D eigenvalue weighted by molar-refractivity contribution is 7.80. The first-order valence-electron chi connectivity index (χ1n) is 7.24. The van der Waals surface area contributed by atoms with E-state index in [1.54, 1.807) is 0 Å². The number of rotatable bonds is 6. The van der Waals surface area contributed by atoms with Crippen LogP contribution in [-0.4, -0.2) is 24.2 Å². The van der Waals surface area contributed by atoms with E-state index in [1.807, 2.05) is 18.2 Å². The molecule has 0 saturated heterocycles. The second-order valence-corrected chi connectivity index (χ2v) is 6.20. The summed E-state index contributed by atoms with van der Waals surface area (Å²) in [5.41, 5.74) is 2.51. The molecule has 0 aliphatic heterocycles. The van der Waals surface area contributed by atoms with Crippen molar-refractivity contribution in [3.05, 3.63) is 70.7 Å². The standard InChI is InChI=1S/C18H22ClNS/c1-14(17-10-6-7-11-18(17)19)20(2)12-16(13-21)15-8-4-3-5-9-15/h3-11,14,16,21H,12-13H2,1-2H3. The van der Waals surface area contributed by atoms with Crippen LogP contribution in [0.2, 0.25) is 5.02 Å². The summed E-state index contributed by atoms with van der Waals surface area (Å²) in [6, 6.07) is 18.9. The van der Waals surface area contributed by atoms with Crippen molar-refractivity contribution in [2.45, 2.75) is 18.9 Å². The largest absolute Gasteiger partial charge is 0.299 e. The summed E-state index contributed by atoms with van der Waals surface area (Å²) in [7, 11) is 2.15. The van der Waals surface area contributed by atoms with Crippen molar-refractivity contribution >= 4 is 24.2 Å². The number of benzene rings is 2. The van der Waals surface area contributed by atoms with Gasteiger partial charge in [-0.2, -0.15) is 12.6 Å². The van der Waals surface area contributed by atoms with Crippen molar-refractivity contribution in [3.8, 4) is 0 Å². The van der Waals surface area contributed by atoms with Crippen LogP contribution < -0.4 is 0 Å². The first-order valence-corrected chi connectivity index (χ1v) is 8.25. The summed E-state index contributed by atoms with van der Waals surface area (Å²) in [6.07, 6.45) is 0. The highest BCUT2D eigenvalue weighted by Gasteiger charge is 2.18. The smallest absolute Gasteiger partial charge is 0.0453 e. The van der Waals surface area contributed by atoms with Gasteiger partial charge in [0.2, 0.25) is 0 Å². The van der Waals surface area contributed by atoms with Gasteiger partial charge in [0.25, 0.3) is 0 Å². The summed E-state index contributed by atoms with van der Waals surface area (Å²) in [5, 5.41) is 0.832. The molecule has 0 saturated carbocycles. The molecule has 3 heteroatoms. The first-order chi connectivity index (χ1) is 10.1. The fraction of sp³-hybridized carbons (Fsp3) is 0.333. The van der Waals surface area contributed by atoms with E-state index in [9.17, 15) is 0 Å².